The van der Waals surface area contributed by atoms with Crippen LogP contribution >= 0.6 is 0 Å². The van der Waals surface area contributed by atoms with Gasteiger partial charge < -0.3 is 20.3 Å². The van der Waals surface area contributed by atoms with Crippen LogP contribution in [0.15, 0.2) is 42.5 Å². The van der Waals surface area contributed by atoms with E-state index in [1.807, 2.05) is 6.07 Å². The number of hydrogen-bond acceptors (Lipinski definition) is 4. The van der Waals surface area contributed by atoms with Crippen LogP contribution in [-0.4, -0.2) is 39.3 Å². The number of carbonyl (C=O) groups is 1. The highest BCUT2D eigenvalue weighted by Gasteiger charge is 2.43. The fourth-order valence-electron chi connectivity index (χ4n) is 5.62. The van der Waals surface area contributed by atoms with Gasteiger partial charge in [0, 0.05) is 37.1 Å². The number of anilines is 2. The first-order valence-corrected chi connectivity index (χ1v) is 11.2. The molecule has 2 N–H and O–H groups in total. The van der Waals surface area contributed by atoms with E-state index in [1.54, 1.807) is 7.05 Å². The summed E-state index contributed by atoms with van der Waals surface area (Å²) in [6.45, 7) is 3.51. The maximum Gasteiger partial charge on any atom is 0.251 e. The van der Waals surface area contributed by atoms with Crippen LogP contribution in [0.3, 0.4) is 0 Å². The van der Waals surface area contributed by atoms with Crippen molar-refractivity contribution in [3.8, 4) is 0 Å². The Morgan fingerprint density at radius 1 is 1.13 bits per heavy atom. The van der Waals surface area contributed by atoms with E-state index in [4.69, 9.17) is 4.74 Å². The molecule has 1 atom stereocenters. The Morgan fingerprint density at radius 2 is 1.93 bits per heavy atom. The summed E-state index contributed by atoms with van der Waals surface area (Å²) in [7, 11) is 1.70. The van der Waals surface area contributed by atoms with Crippen LogP contribution in [0, 0.1) is 0 Å². The van der Waals surface area contributed by atoms with E-state index >= 15 is 0 Å². The van der Waals surface area contributed by atoms with Gasteiger partial charge in [0.1, 0.15) is 0 Å². The normalized spacial score (nSPS) is 22.4. The van der Waals surface area contributed by atoms with Crippen molar-refractivity contribution in [2.75, 3.05) is 43.6 Å². The quantitative estimate of drug-likeness (QED) is 0.802. The molecule has 2 heterocycles. The zero-order valence-corrected chi connectivity index (χ0v) is 17.7. The second-order valence-electron chi connectivity index (χ2n) is 8.92. The van der Waals surface area contributed by atoms with Gasteiger partial charge >= 0.3 is 0 Å². The van der Waals surface area contributed by atoms with Gasteiger partial charge in [-0.3, -0.25) is 4.79 Å². The molecule has 0 aromatic heterocycles. The lowest BCUT2D eigenvalue weighted by Gasteiger charge is -2.42. The molecule has 0 radical (unpaired) electrons. The number of rotatable bonds is 3. The highest BCUT2D eigenvalue weighted by molar-refractivity contribution is 5.95. The number of nitrogens with one attached hydrogen (secondary N) is 2. The van der Waals surface area contributed by atoms with Crippen molar-refractivity contribution >= 4 is 17.3 Å². The monoisotopic (exact) mass is 405 g/mol. The Bertz CT molecular complexity index is 930. The minimum atomic E-state index is -0.00807. The molecule has 2 aromatic carbocycles. The molecule has 2 aliphatic heterocycles. The third-order valence-corrected chi connectivity index (χ3v) is 7.21. The lowest BCUT2D eigenvalue weighted by molar-refractivity contribution is 0.0963. The van der Waals surface area contributed by atoms with Gasteiger partial charge in [-0.25, -0.2) is 0 Å². The first kappa shape index (κ1) is 19.4. The van der Waals surface area contributed by atoms with Crippen LogP contribution in [0.1, 0.15) is 59.6 Å². The second kappa shape index (κ2) is 7.95. The van der Waals surface area contributed by atoms with Crippen LogP contribution in [0.25, 0.3) is 0 Å². The summed E-state index contributed by atoms with van der Waals surface area (Å²) < 4.78 is 5.52. The molecule has 1 saturated heterocycles. The Labute approximate surface area is 178 Å². The molecule has 1 spiro atoms. The van der Waals surface area contributed by atoms with Gasteiger partial charge in [-0.05, 0) is 66.1 Å². The number of ether oxygens (including phenoxy) is 1. The third kappa shape index (κ3) is 3.45. The second-order valence-corrected chi connectivity index (χ2v) is 8.92. The van der Waals surface area contributed by atoms with E-state index in [-0.39, 0.29) is 11.3 Å². The predicted octanol–water partition coefficient (Wildman–Crippen LogP) is 4.25. The van der Waals surface area contributed by atoms with Gasteiger partial charge in [-0.2, -0.15) is 0 Å². The summed E-state index contributed by atoms with van der Waals surface area (Å²) >= 11 is 0. The van der Waals surface area contributed by atoms with Crippen molar-refractivity contribution in [2.24, 2.45) is 0 Å². The summed E-state index contributed by atoms with van der Waals surface area (Å²) in [6.07, 6.45) is 6.04. The van der Waals surface area contributed by atoms with Crippen molar-refractivity contribution < 1.29 is 9.53 Å². The van der Waals surface area contributed by atoms with E-state index in [0.717, 1.165) is 38.3 Å². The zero-order chi connectivity index (χ0) is 20.6. The van der Waals surface area contributed by atoms with Gasteiger partial charge in [0.05, 0.1) is 19.3 Å². The molecule has 1 unspecified atom stereocenters. The largest absolute Gasteiger partial charge is 0.378 e. The number of hydrogen-bond donors (Lipinski definition) is 2. The smallest absolute Gasteiger partial charge is 0.251 e. The van der Waals surface area contributed by atoms with Gasteiger partial charge in [0.2, 0.25) is 0 Å². The average Bonchev–Trinajstić information content (AvgIpc) is 3.28. The fraction of sp³-hybridized carbons (Fsp3) is 0.480. The third-order valence-electron chi connectivity index (χ3n) is 7.21. The highest BCUT2D eigenvalue weighted by Crippen LogP contribution is 2.53. The minimum Gasteiger partial charge on any atom is -0.378 e. The molecule has 5 heteroatoms. The number of nitrogens with zero attached hydrogens (tertiary/aromatic N) is 1. The number of morpholine rings is 1. The number of amides is 1. The van der Waals surface area contributed by atoms with Gasteiger partial charge in [0.25, 0.3) is 5.91 Å². The first-order chi connectivity index (χ1) is 14.7. The Hall–Kier alpha value is -2.53. The summed E-state index contributed by atoms with van der Waals surface area (Å²) in [6, 6.07) is 15.5. The molecule has 3 aliphatic rings. The summed E-state index contributed by atoms with van der Waals surface area (Å²) in [5.41, 5.74) is 6.10. The van der Waals surface area contributed by atoms with E-state index in [9.17, 15) is 4.79 Å². The average molecular weight is 406 g/mol. The topological polar surface area (TPSA) is 53.6 Å². The highest BCUT2D eigenvalue weighted by atomic mass is 16.5. The fourth-order valence-corrected chi connectivity index (χ4v) is 5.62. The van der Waals surface area contributed by atoms with E-state index in [1.165, 1.54) is 48.2 Å². The molecule has 2 aromatic rings. The molecule has 5 rings (SSSR count). The van der Waals surface area contributed by atoms with Crippen molar-refractivity contribution in [1.29, 1.82) is 0 Å². The maximum absolute atomic E-state index is 12.2. The lowest BCUT2D eigenvalue weighted by Crippen LogP contribution is -2.36. The van der Waals surface area contributed by atoms with Crippen molar-refractivity contribution in [3.63, 3.8) is 0 Å². The number of carbonyl (C=O) groups excluding carboxylic acids is 1. The molecule has 158 valence electrons. The Morgan fingerprint density at radius 3 is 2.70 bits per heavy atom. The molecular weight excluding hydrogens is 374 g/mol. The van der Waals surface area contributed by atoms with Crippen LogP contribution in [0.2, 0.25) is 0 Å². The van der Waals surface area contributed by atoms with Gasteiger partial charge in [0.15, 0.2) is 0 Å². The Kier molecular flexibility index (Phi) is 5.15. The lowest BCUT2D eigenvalue weighted by atomic mass is 9.69. The molecular formula is C25H31N3O2. The van der Waals surface area contributed by atoms with Crippen LogP contribution in [-0.2, 0) is 10.2 Å². The number of benzene rings is 2. The van der Waals surface area contributed by atoms with Crippen LogP contribution in [0.4, 0.5) is 11.4 Å². The molecule has 1 aliphatic carbocycles. The van der Waals surface area contributed by atoms with Crippen LogP contribution in [0.5, 0.6) is 0 Å². The van der Waals surface area contributed by atoms with Crippen molar-refractivity contribution in [1.82, 2.24) is 5.32 Å². The minimum absolute atomic E-state index is 0.00807. The molecule has 0 bridgehead atoms. The zero-order valence-electron chi connectivity index (χ0n) is 17.7. The summed E-state index contributed by atoms with van der Waals surface area (Å²) in [4.78, 5) is 14.7. The Balaban J connectivity index is 1.48. The van der Waals surface area contributed by atoms with E-state index in [0.29, 0.717) is 6.04 Å². The summed E-state index contributed by atoms with van der Waals surface area (Å²) in [5, 5.41) is 6.57. The first-order valence-electron chi connectivity index (χ1n) is 11.2. The number of fused-ring (bicyclic) bond motifs is 2. The standard InChI is InChI=1S/C25H31N3O2/c1-26-24(29)19-7-8-22-21(16-19)25(9-2-3-10-25)17-23(27-22)18-5-4-6-20(15-18)28-11-13-30-14-12-28/h4-8,15-16,23,27H,2-3,9-14,17H2,1H3,(H,26,29). The summed E-state index contributed by atoms with van der Waals surface area (Å²) in [5.74, 6) is -0.00807. The van der Waals surface area contributed by atoms with Gasteiger partial charge in [-0.15, -0.1) is 0 Å². The molecule has 30 heavy (non-hydrogen) atoms. The maximum atomic E-state index is 12.2. The van der Waals surface area contributed by atoms with E-state index in [2.05, 4.69) is 51.9 Å². The SMILES string of the molecule is CNC(=O)c1ccc2c(c1)C1(CCCC1)CC(c1cccc(N3CCOCC3)c1)N2. The molecule has 5 nitrogen and oxygen atoms in total. The molecule has 2 fully saturated rings. The van der Waals surface area contributed by atoms with Crippen LogP contribution < -0.4 is 15.5 Å². The molecule has 1 saturated carbocycles. The van der Waals surface area contributed by atoms with Gasteiger partial charge in [-0.1, -0.05) is 25.0 Å². The van der Waals surface area contributed by atoms with E-state index < -0.39 is 0 Å². The van der Waals surface area contributed by atoms with Crippen molar-refractivity contribution in [2.45, 2.75) is 43.6 Å². The molecule has 1 amide bonds. The predicted molar refractivity (Wildman–Crippen MR) is 120 cm³/mol. The van der Waals surface area contributed by atoms with Crippen molar-refractivity contribution in [3.05, 3.63) is 59.2 Å².